The number of ether oxygens (including phenoxy) is 1. The normalized spacial score (nSPS) is 19.6. The minimum absolute atomic E-state index is 0.221. The molecule has 0 N–H and O–H groups in total. The molecule has 1 saturated carbocycles. The van der Waals surface area contributed by atoms with Gasteiger partial charge in [0.25, 0.3) is 0 Å². The Morgan fingerprint density at radius 2 is 1.74 bits per heavy atom. The van der Waals surface area contributed by atoms with E-state index in [1.807, 2.05) is 42.5 Å². The lowest BCUT2D eigenvalue weighted by molar-refractivity contribution is -0.191. The fraction of sp³-hybridized carbons (Fsp3) is 0.385. The molecule has 3 aliphatic rings. The Kier molecular flexibility index (Phi) is 6.17. The summed E-state index contributed by atoms with van der Waals surface area (Å²) in [7, 11) is 0. The van der Waals surface area contributed by atoms with Crippen LogP contribution in [0.1, 0.15) is 37.3 Å². The first-order valence-electron chi connectivity index (χ1n) is 11.6. The van der Waals surface area contributed by atoms with Crippen molar-refractivity contribution in [3.05, 3.63) is 65.3 Å². The number of hydrogen-bond acceptors (Lipinski definition) is 5. The number of anilines is 1. The van der Waals surface area contributed by atoms with Crippen LogP contribution in [0.3, 0.4) is 0 Å². The minimum Gasteiger partial charge on any atom is -0.441 e. The van der Waals surface area contributed by atoms with Gasteiger partial charge in [-0.25, -0.2) is 4.79 Å². The van der Waals surface area contributed by atoms with Crippen LogP contribution in [-0.4, -0.2) is 46.9 Å². The van der Waals surface area contributed by atoms with E-state index in [1.165, 1.54) is 29.3 Å². The van der Waals surface area contributed by atoms with Crippen molar-refractivity contribution in [1.29, 1.82) is 0 Å². The first-order valence-corrected chi connectivity index (χ1v) is 12.0. The van der Waals surface area contributed by atoms with Crippen molar-refractivity contribution in [1.82, 2.24) is 9.47 Å². The second-order valence-electron chi connectivity index (χ2n) is 9.26. The third-order valence-corrected chi connectivity index (χ3v) is 7.33. The molecule has 34 heavy (non-hydrogen) atoms. The van der Waals surface area contributed by atoms with E-state index in [0.29, 0.717) is 12.6 Å². The molecule has 1 amide bonds. The van der Waals surface area contributed by atoms with Gasteiger partial charge in [-0.2, -0.15) is 9.59 Å². The summed E-state index contributed by atoms with van der Waals surface area (Å²) in [6, 6.07) is 16.6. The summed E-state index contributed by atoms with van der Waals surface area (Å²) in [5.74, 6) is 0. The zero-order valence-electron chi connectivity index (χ0n) is 18.8. The van der Waals surface area contributed by atoms with Gasteiger partial charge >= 0.3 is 12.2 Å². The monoisotopic (exact) mass is 479 g/mol. The Balaban J connectivity index is 0.000000764. The number of amides is 1. The lowest BCUT2D eigenvalue weighted by Gasteiger charge is -2.37. The van der Waals surface area contributed by atoms with E-state index in [2.05, 4.69) is 21.7 Å². The molecule has 7 nitrogen and oxygen atoms in total. The number of carbonyl (C=O) groups excluding carboxylic acids is 3. The fourth-order valence-electron chi connectivity index (χ4n) is 5.16. The van der Waals surface area contributed by atoms with Crippen LogP contribution in [0.4, 0.5) is 10.5 Å². The topological polar surface area (TPSA) is 71.8 Å². The molecule has 6 rings (SSSR count). The van der Waals surface area contributed by atoms with Gasteiger partial charge in [0.05, 0.1) is 17.1 Å². The predicted octanol–water partition coefficient (Wildman–Crippen LogP) is 5.04. The number of aromatic nitrogens is 1. The molecule has 8 heteroatoms. The molecule has 176 valence electrons. The van der Waals surface area contributed by atoms with Gasteiger partial charge in [0.2, 0.25) is 0 Å². The molecule has 2 aromatic carbocycles. The number of carbonyl (C=O) groups is 1. The highest BCUT2D eigenvalue weighted by molar-refractivity contribution is 6.35. The Morgan fingerprint density at radius 1 is 1.03 bits per heavy atom. The molecule has 1 aromatic heterocycles. The van der Waals surface area contributed by atoms with Crippen LogP contribution in [0.5, 0.6) is 0 Å². The summed E-state index contributed by atoms with van der Waals surface area (Å²) in [4.78, 5) is 33.1. The van der Waals surface area contributed by atoms with Gasteiger partial charge in [-0.3, -0.25) is 9.80 Å². The number of nitrogens with zero attached hydrogens (tertiary/aromatic N) is 3. The first-order chi connectivity index (χ1) is 16.5. The minimum atomic E-state index is -0.366. The van der Waals surface area contributed by atoms with Crippen LogP contribution < -0.4 is 4.90 Å². The fourth-order valence-corrected chi connectivity index (χ4v) is 5.43. The SMILES string of the molecule is O=C1OC2(CCN(Cc3cn(C4CC4)c4c(Cl)cccc34)CC2)CN1c1ccccc1.O=C=O. The third kappa shape index (κ3) is 4.34. The summed E-state index contributed by atoms with van der Waals surface area (Å²) in [6.07, 6.45) is 6.55. The predicted molar refractivity (Wildman–Crippen MR) is 128 cm³/mol. The summed E-state index contributed by atoms with van der Waals surface area (Å²) in [5, 5.41) is 2.11. The van der Waals surface area contributed by atoms with Gasteiger partial charge in [0, 0.05) is 55.8 Å². The maximum atomic E-state index is 12.5. The molecular weight excluding hydrogens is 454 g/mol. The maximum Gasteiger partial charge on any atom is 0.415 e. The summed E-state index contributed by atoms with van der Waals surface area (Å²) < 4.78 is 8.31. The highest BCUT2D eigenvalue weighted by atomic mass is 35.5. The van der Waals surface area contributed by atoms with Crippen LogP contribution in [-0.2, 0) is 20.9 Å². The molecule has 2 saturated heterocycles. The van der Waals surface area contributed by atoms with E-state index < -0.39 is 0 Å². The van der Waals surface area contributed by atoms with Crippen molar-refractivity contribution in [2.45, 2.75) is 43.9 Å². The summed E-state index contributed by atoms with van der Waals surface area (Å²) in [6.45, 7) is 3.39. The number of fused-ring (bicyclic) bond motifs is 1. The van der Waals surface area contributed by atoms with E-state index in [9.17, 15) is 4.79 Å². The van der Waals surface area contributed by atoms with Crippen molar-refractivity contribution >= 4 is 40.4 Å². The summed E-state index contributed by atoms with van der Waals surface area (Å²) >= 11 is 6.56. The van der Waals surface area contributed by atoms with E-state index in [-0.39, 0.29) is 17.8 Å². The summed E-state index contributed by atoms with van der Waals surface area (Å²) in [5.41, 5.74) is 3.07. The molecule has 0 radical (unpaired) electrons. The number of rotatable bonds is 4. The number of piperidine rings is 1. The van der Waals surface area contributed by atoms with E-state index in [1.54, 1.807) is 4.90 Å². The molecular formula is C26H26ClN3O4. The van der Waals surface area contributed by atoms with E-state index in [4.69, 9.17) is 25.9 Å². The largest absolute Gasteiger partial charge is 0.441 e. The van der Waals surface area contributed by atoms with Crippen molar-refractivity contribution in [2.75, 3.05) is 24.5 Å². The Labute approximate surface area is 202 Å². The lowest BCUT2D eigenvalue weighted by Crippen LogP contribution is -2.46. The van der Waals surface area contributed by atoms with Gasteiger partial charge in [-0.1, -0.05) is 41.9 Å². The number of para-hydroxylation sites is 2. The van der Waals surface area contributed by atoms with Crippen LogP contribution in [0.25, 0.3) is 10.9 Å². The number of halogens is 1. The number of hydrogen-bond donors (Lipinski definition) is 0. The molecule has 3 heterocycles. The van der Waals surface area contributed by atoms with Gasteiger partial charge in [0.15, 0.2) is 0 Å². The van der Waals surface area contributed by atoms with E-state index >= 15 is 0 Å². The lowest BCUT2D eigenvalue weighted by atomic mass is 9.91. The van der Waals surface area contributed by atoms with Gasteiger partial charge in [-0.05, 0) is 36.6 Å². The molecule has 2 aliphatic heterocycles. The maximum absolute atomic E-state index is 12.5. The van der Waals surface area contributed by atoms with Crippen molar-refractivity contribution < 1.29 is 19.1 Å². The highest BCUT2D eigenvalue weighted by Gasteiger charge is 2.47. The first kappa shape index (κ1) is 22.7. The average Bonchev–Trinajstić information content (AvgIpc) is 3.55. The molecule has 3 aromatic rings. The van der Waals surface area contributed by atoms with Crippen LogP contribution in [0, 0.1) is 0 Å². The highest BCUT2D eigenvalue weighted by Crippen LogP contribution is 2.42. The molecule has 0 atom stereocenters. The smallest absolute Gasteiger partial charge is 0.415 e. The zero-order chi connectivity index (χ0) is 23.7. The van der Waals surface area contributed by atoms with Crippen molar-refractivity contribution in [3.8, 4) is 0 Å². The van der Waals surface area contributed by atoms with Crippen molar-refractivity contribution in [2.24, 2.45) is 0 Å². The quantitative estimate of drug-likeness (QED) is 0.524. The van der Waals surface area contributed by atoms with Crippen LogP contribution in [0.2, 0.25) is 5.02 Å². The van der Waals surface area contributed by atoms with Crippen LogP contribution in [0.15, 0.2) is 54.7 Å². The second kappa shape index (κ2) is 9.26. The molecule has 0 bridgehead atoms. The molecule has 1 spiro atoms. The standard InChI is InChI=1S/C25H26ClN3O2.CO2/c26-22-8-4-7-21-18(16-28(23(21)22)20-9-10-20)15-27-13-11-25(12-14-27)17-29(24(30)31-25)19-5-2-1-3-6-19;2-1-3/h1-8,16,20H,9-15,17H2;. The van der Waals surface area contributed by atoms with Crippen LogP contribution >= 0.6 is 11.6 Å². The van der Waals surface area contributed by atoms with Crippen molar-refractivity contribution in [3.63, 3.8) is 0 Å². The van der Waals surface area contributed by atoms with Gasteiger partial charge in [0.1, 0.15) is 5.60 Å². The van der Waals surface area contributed by atoms with Gasteiger partial charge < -0.3 is 9.30 Å². The average molecular weight is 480 g/mol. The molecule has 0 unspecified atom stereocenters. The number of benzene rings is 2. The number of likely N-dealkylation sites (tertiary alicyclic amines) is 1. The molecule has 3 fully saturated rings. The Bertz CT molecular complexity index is 1220. The molecule has 1 aliphatic carbocycles. The van der Waals surface area contributed by atoms with E-state index in [0.717, 1.165) is 43.2 Å². The second-order valence-corrected chi connectivity index (χ2v) is 9.67. The Morgan fingerprint density at radius 3 is 2.41 bits per heavy atom. The third-order valence-electron chi connectivity index (χ3n) is 7.03. The zero-order valence-corrected chi connectivity index (χ0v) is 19.5. The Hall–Kier alpha value is -3.12. The van der Waals surface area contributed by atoms with Gasteiger partial charge in [-0.15, -0.1) is 0 Å².